The standard InChI is InChI=1S/C18H24/c1-14(2)18(15(3)4)13-9-8-12-17(18)16-10-6-5-7-11-16/h5-12,14-15H,13H2,1-4H3. The largest absolute Gasteiger partial charge is 0.0836 e. The molecular weight excluding hydrogens is 216 g/mol. The summed E-state index contributed by atoms with van der Waals surface area (Å²) in [6.45, 7) is 9.43. The van der Waals surface area contributed by atoms with Gasteiger partial charge in [0, 0.05) is 5.41 Å². The summed E-state index contributed by atoms with van der Waals surface area (Å²) in [5, 5.41) is 0. The van der Waals surface area contributed by atoms with Gasteiger partial charge in [0.15, 0.2) is 0 Å². The Bertz CT molecular complexity index is 438. The molecule has 0 nitrogen and oxygen atoms in total. The van der Waals surface area contributed by atoms with Crippen LogP contribution < -0.4 is 0 Å². The molecule has 0 N–H and O–H groups in total. The third kappa shape index (κ3) is 2.05. The van der Waals surface area contributed by atoms with Crippen LogP contribution in [0.2, 0.25) is 0 Å². The molecule has 0 saturated carbocycles. The van der Waals surface area contributed by atoms with Crippen LogP contribution in [-0.2, 0) is 0 Å². The number of rotatable bonds is 3. The van der Waals surface area contributed by atoms with E-state index in [-0.39, 0.29) is 5.41 Å². The summed E-state index contributed by atoms with van der Waals surface area (Å²) in [7, 11) is 0. The van der Waals surface area contributed by atoms with Gasteiger partial charge in [-0.05, 0) is 29.4 Å². The molecule has 1 aromatic carbocycles. The zero-order chi connectivity index (χ0) is 13.2. The van der Waals surface area contributed by atoms with Crippen molar-refractivity contribution in [3.8, 4) is 0 Å². The summed E-state index contributed by atoms with van der Waals surface area (Å²) in [5.41, 5.74) is 3.16. The Morgan fingerprint density at radius 3 is 2.11 bits per heavy atom. The third-order valence-corrected chi connectivity index (χ3v) is 4.50. The quantitative estimate of drug-likeness (QED) is 0.670. The van der Waals surface area contributed by atoms with Gasteiger partial charge >= 0.3 is 0 Å². The minimum absolute atomic E-state index is 0.274. The van der Waals surface area contributed by atoms with Gasteiger partial charge < -0.3 is 0 Å². The van der Waals surface area contributed by atoms with Crippen LogP contribution in [0.15, 0.2) is 48.6 Å². The van der Waals surface area contributed by atoms with Crippen LogP contribution in [0.5, 0.6) is 0 Å². The molecule has 0 heteroatoms. The van der Waals surface area contributed by atoms with E-state index >= 15 is 0 Å². The van der Waals surface area contributed by atoms with Crippen LogP contribution in [0, 0.1) is 17.3 Å². The zero-order valence-electron chi connectivity index (χ0n) is 12.0. The van der Waals surface area contributed by atoms with Crippen LogP contribution in [0.25, 0.3) is 5.57 Å². The fraction of sp³-hybridized carbons (Fsp3) is 0.444. The first-order valence-electron chi connectivity index (χ1n) is 7.01. The Hall–Kier alpha value is -1.30. The smallest absolute Gasteiger partial charge is 0.00394 e. The Kier molecular flexibility index (Phi) is 3.75. The predicted molar refractivity (Wildman–Crippen MR) is 80.3 cm³/mol. The first-order chi connectivity index (χ1) is 8.59. The molecule has 1 aliphatic rings. The highest BCUT2D eigenvalue weighted by Gasteiger charge is 2.40. The average molecular weight is 240 g/mol. The van der Waals surface area contributed by atoms with Crippen molar-refractivity contribution in [2.45, 2.75) is 34.1 Å². The Morgan fingerprint density at radius 1 is 0.944 bits per heavy atom. The Morgan fingerprint density at radius 2 is 1.56 bits per heavy atom. The highest BCUT2D eigenvalue weighted by atomic mass is 14.4. The van der Waals surface area contributed by atoms with Crippen molar-refractivity contribution in [3.63, 3.8) is 0 Å². The molecule has 0 spiro atoms. The van der Waals surface area contributed by atoms with Gasteiger partial charge in [-0.2, -0.15) is 0 Å². The van der Waals surface area contributed by atoms with E-state index in [1.165, 1.54) is 11.1 Å². The van der Waals surface area contributed by atoms with Crippen molar-refractivity contribution in [1.29, 1.82) is 0 Å². The molecule has 0 aromatic heterocycles. The minimum atomic E-state index is 0.274. The van der Waals surface area contributed by atoms with E-state index in [0.717, 1.165) is 6.42 Å². The lowest BCUT2D eigenvalue weighted by molar-refractivity contribution is 0.194. The van der Waals surface area contributed by atoms with E-state index in [2.05, 4.69) is 76.3 Å². The van der Waals surface area contributed by atoms with Gasteiger partial charge in [-0.1, -0.05) is 76.3 Å². The maximum Gasteiger partial charge on any atom is 0.00394 e. The van der Waals surface area contributed by atoms with Crippen LogP contribution >= 0.6 is 0 Å². The van der Waals surface area contributed by atoms with E-state index in [1.54, 1.807) is 0 Å². The maximum atomic E-state index is 2.36. The van der Waals surface area contributed by atoms with Gasteiger partial charge in [0.1, 0.15) is 0 Å². The number of benzene rings is 1. The van der Waals surface area contributed by atoms with Gasteiger partial charge in [-0.3, -0.25) is 0 Å². The normalized spacial score (nSPS) is 18.2. The molecule has 96 valence electrons. The van der Waals surface area contributed by atoms with Crippen molar-refractivity contribution in [1.82, 2.24) is 0 Å². The van der Waals surface area contributed by atoms with Gasteiger partial charge in [-0.15, -0.1) is 0 Å². The average Bonchev–Trinajstić information content (AvgIpc) is 2.39. The molecule has 0 fully saturated rings. The SMILES string of the molecule is CC(C)C1(C(C)C)CC=CC=C1c1ccccc1. The molecule has 0 radical (unpaired) electrons. The van der Waals surface area contributed by atoms with Crippen LogP contribution in [-0.4, -0.2) is 0 Å². The fourth-order valence-corrected chi connectivity index (χ4v) is 3.44. The molecule has 0 unspecified atom stereocenters. The minimum Gasteiger partial charge on any atom is -0.0836 e. The second kappa shape index (κ2) is 5.14. The third-order valence-electron chi connectivity index (χ3n) is 4.50. The fourth-order valence-electron chi connectivity index (χ4n) is 3.44. The lowest BCUT2D eigenvalue weighted by Crippen LogP contribution is -2.35. The molecule has 0 bridgehead atoms. The molecule has 0 saturated heterocycles. The summed E-state index contributed by atoms with van der Waals surface area (Å²) < 4.78 is 0. The predicted octanol–water partition coefficient (Wildman–Crippen LogP) is 5.33. The molecule has 18 heavy (non-hydrogen) atoms. The molecule has 2 rings (SSSR count). The molecule has 0 atom stereocenters. The maximum absolute atomic E-state index is 2.36. The van der Waals surface area contributed by atoms with Crippen molar-refractivity contribution in [2.75, 3.05) is 0 Å². The monoisotopic (exact) mass is 240 g/mol. The summed E-state index contributed by atoms with van der Waals surface area (Å²) >= 11 is 0. The highest BCUT2D eigenvalue weighted by Crippen LogP contribution is 2.51. The molecule has 1 aromatic rings. The van der Waals surface area contributed by atoms with E-state index in [9.17, 15) is 0 Å². The summed E-state index contributed by atoms with van der Waals surface area (Å²) in [5.74, 6) is 1.29. The number of hydrogen-bond acceptors (Lipinski definition) is 0. The number of hydrogen-bond donors (Lipinski definition) is 0. The Balaban J connectivity index is 2.54. The van der Waals surface area contributed by atoms with Crippen LogP contribution in [0.4, 0.5) is 0 Å². The van der Waals surface area contributed by atoms with Crippen molar-refractivity contribution in [2.24, 2.45) is 17.3 Å². The second-order valence-corrected chi connectivity index (χ2v) is 5.93. The summed E-state index contributed by atoms with van der Waals surface area (Å²) in [4.78, 5) is 0. The zero-order valence-corrected chi connectivity index (χ0v) is 12.0. The Labute approximate surface area is 111 Å². The lowest BCUT2D eigenvalue weighted by Gasteiger charge is -2.44. The second-order valence-electron chi connectivity index (χ2n) is 5.93. The van der Waals surface area contributed by atoms with Crippen LogP contribution in [0.1, 0.15) is 39.7 Å². The van der Waals surface area contributed by atoms with Crippen molar-refractivity contribution >= 4 is 5.57 Å². The molecule has 1 aliphatic carbocycles. The van der Waals surface area contributed by atoms with Gasteiger partial charge in [-0.25, -0.2) is 0 Å². The van der Waals surface area contributed by atoms with Gasteiger partial charge in [0.05, 0.1) is 0 Å². The van der Waals surface area contributed by atoms with Gasteiger partial charge in [0.2, 0.25) is 0 Å². The summed E-state index contributed by atoms with van der Waals surface area (Å²) in [6, 6.07) is 10.9. The molecular formula is C18H24. The van der Waals surface area contributed by atoms with Crippen molar-refractivity contribution < 1.29 is 0 Å². The van der Waals surface area contributed by atoms with Gasteiger partial charge in [0.25, 0.3) is 0 Å². The highest BCUT2D eigenvalue weighted by molar-refractivity contribution is 5.73. The summed E-state index contributed by atoms with van der Waals surface area (Å²) in [6.07, 6.45) is 8.01. The van der Waals surface area contributed by atoms with Crippen molar-refractivity contribution in [3.05, 3.63) is 54.1 Å². The van der Waals surface area contributed by atoms with E-state index < -0.39 is 0 Å². The molecule has 0 aliphatic heterocycles. The van der Waals surface area contributed by atoms with E-state index in [0.29, 0.717) is 11.8 Å². The van der Waals surface area contributed by atoms with E-state index in [1.807, 2.05) is 0 Å². The first kappa shape index (κ1) is 13.1. The van der Waals surface area contributed by atoms with Crippen LogP contribution in [0.3, 0.4) is 0 Å². The number of allylic oxidation sites excluding steroid dienone is 4. The molecule has 0 heterocycles. The lowest BCUT2D eigenvalue weighted by atomic mass is 9.59. The molecule has 0 amide bonds. The first-order valence-corrected chi connectivity index (χ1v) is 7.01. The van der Waals surface area contributed by atoms with E-state index in [4.69, 9.17) is 0 Å². The topological polar surface area (TPSA) is 0 Å².